The number of nitrogens with zero attached hydrogens (tertiary/aromatic N) is 3. The van der Waals surface area contributed by atoms with Crippen molar-refractivity contribution in [3.63, 3.8) is 0 Å². The minimum Gasteiger partial charge on any atom is -0.336 e. The number of halogens is 1. The van der Waals surface area contributed by atoms with Gasteiger partial charge >= 0.3 is 6.03 Å². The average molecular weight is 412 g/mol. The zero-order chi connectivity index (χ0) is 20.4. The van der Waals surface area contributed by atoms with Gasteiger partial charge in [0.15, 0.2) is 0 Å². The van der Waals surface area contributed by atoms with Crippen LogP contribution in [0.25, 0.3) is 5.65 Å². The van der Waals surface area contributed by atoms with E-state index < -0.39 is 0 Å². The van der Waals surface area contributed by atoms with E-state index in [2.05, 4.69) is 58.6 Å². The number of aromatic nitrogens is 2. The Bertz CT molecular complexity index is 1030. The Hall–Kier alpha value is -2.57. The van der Waals surface area contributed by atoms with Crippen LogP contribution in [-0.2, 0) is 19.5 Å². The van der Waals surface area contributed by atoms with Crippen molar-refractivity contribution in [2.45, 2.75) is 38.9 Å². The number of nitrogens with one attached hydrogen (secondary N) is 2. The maximum absolute atomic E-state index is 12.3. The molecule has 0 saturated carbocycles. The molecule has 1 aliphatic rings. The molecule has 3 heterocycles. The molecule has 3 aromatic rings. The van der Waals surface area contributed by atoms with Crippen LogP contribution in [0.1, 0.15) is 30.7 Å². The van der Waals surface area contributed by atoms with Gasteiger partial charge in [-0.2, -0.15) is 0 Å². The van der Waals surface area contributed by atoms with Crippen LogP contribution in [0.2, 0.25) is 5.02 Å². The summed E-state index contributed by atoms with van der Waals surface area (Å²) in [4.78, 5) is 19.2. The van der Waals surface area contributed by atoms with Crippen LogP contribution in [-0.4, -0.2) is 38.9 Å². The molecular formula is C22H26ClN5O. The number of carbonyl (C=O) groups is 1. The van der Waals surface area contributed by atoms with Gasteiger partial charge in [0, 0.05) is 37.6 Å². The number of rotatable bonds is 5. The summed E-state index contributed by atoms with van der Waals surface area (Å²) >= 11 is 6.00. The molecule has 0 spiro atoms. The van der Waals surface area contributed by atoms with Crippen LogP contribution in [0.15, 0.2) is 48.8 Å². The van der Waals surface area contributed by atoms with E-state index in [4.69, 9.17) is 11.6 Å². The minimum absolute atomic E-state index is 0.134. The van der Waals surface area contributed by atoms with Crippen molar-refractivity contribution in [1.29, 1.82) is 0 Å². The number of urea groups is 1. The van der Waals surface area contributed by atoms with Crippen LogP contribution in [0, 0.1) is 0 Å². The van der Waals surface area contributed by atoms with E-state index in [9.17, 15) is 4.79 Å². The molecule has 4 rings (SSSR count). The standard InChI is InChI=1S/C22H26ClN5O/c1-22(2,28-10-9-16-5-3-4-6-17(16)12-28)15-25-21(29)24-11-19-14-27-13-18(23)7-8-20(27)26-19/h3-8,13-14H,9-12,15H2,1-2H3,(H2,24,25,29). The summed E-state index contributed by atoms with van der Waals surface area (Å²) < 4.78 is 1.86. The fraction of sp³-hybridized carbons (Fsp3) is 0.364. The lowest BCUT2D eigenvalue weighted by Crippen LogP contribution is -2.54. The molecule has 152 valence electrons. The van der Waals surface area contributed by atoms with E-state index in [-0.39, 0.29) is 11.6 Å². The van der Waals surface area contributed by atoms with Gasteiger partial charge < -0.3 is 15.0 Å². The van der Waals surface area contributed by atoms with E-state index in [1.54, 1.807) is 12.3 Å². The maximum Gasteiger partial charge on any atom is 0.315 e. The van der Waals surface area contributed by atoms with Crippen LogP contribution < -0.4 is 10.6 Å². The molecule has 0 atom stereocenters. The highest BCUT2D eigenvalue weighted by molar-refractivity contribution is 6.30. The summed E-state index contributed by atoms with van der Waals surface area (Å²) in [7, 11) is 0. The normalized spacial score (nSPS) is 14.6. The Morgan fingerprint density at radius 1 is 1.14 bits per heavy atom. The summed E-state index contributed by atoms with van der Waals surface area (Å²) in [6.07, 6.45) is 4.72. The van der Waals surface area contributed by atoms with Crippen LogP contribution in [0.4, 0.5) is 4.79 Å². The molecule has 0 aliphatic carbocycles. The third-order valence-electron chi connectivity index (χ3n) is 5.56. The Labute approximate surface area is 175 Å². The number of fused-ring (bicyclic) bond motifs is 2. The molecule has 2 aromatic heterocycles. The Balaban J connectivity index is 1.29. The SMILES string of the molecule is CC(C)(CNC(=O)NCc1cn2cc(Cl)ccc2n1)N1CCc2ccccc2C1. The molecule has 29 heavy (non-hydrogen) atoms. The summed E-state index contributed by atoms with van der Waals surface area (Å²) in [5.74, 6) is 0. The van der Waals surface area contributed by atoms with Gasteiger partial charge in [0.2, 0.25) is 0 Å². The number of amides is 2. The van der Waals surface area contributed by atoms with Gasteiger partial charge in [0.1, 0.15) is 5.65 Å². The lowest BCUT2D eigenvalue weighted by atomic mass is 9.94. The van der Waals surface area contributed by atoms with Gasteiger partial charge in [0.25, 0.3) is 0 Å². The van der Waals surface area contributed by atoms with Crippen LogP contribution >= 0.6 is 11.6 Å². The molecule has 2 N–H and O–H groups in total. The molecule has 6 nitrogen and oxygen atoms in total. The Morgan fingerprint density at radius 3 is 2.76 bits per heavy atom. The number of benzene rings is 1. The van der Waals surface area contributed by atoms with Crippen molar-refractivity contribution in [3.05, 3.63) is 70.6 Å². The maximum atomic E-state index is 12.3. The molecular weight excluding hydrogens is 386 g/mol. The monoisotopic (exact) mass is 411 g/mol. The Kier molecular flexibility index (Phi) is 5.48. The number of imidazole rings is 1. The first-order valence-electron chi connectivity index (χ1n) is 9.87. The van der Waals surface area contributed by atoms with Gasteiger partial charge in [-0.1, -0.05) is 35.9 Å². The molecule has 7 heteroatoms. The quantitative estimate of drug-likeness (QED) is 0.674. The Morgan fingerprint density at radius 2 is 1.93 bits per heavy atom. The highest BCUT2D eigenvalue weighted by Gasteiger charge is 2.30. The summed E-state index contributed by atoms with van der Waals surface area (Å²) in [6, 6.07) is 12.1. The zero-order valence-electron chi connectivity index (χ0n) is 16.8. The van der Waals surface area contributed by atoms with Crippen molar-refractivity contribution in [2.75, 3.05) is 13.1 Å². The van der Waals surface area contributed by atoms with Crippen molar-refractivity contribution in [3.8, 4) is 0 Å². The van der Waals surface area contributed by atoms with Crippen LogP contribution in [0.5, 0.6) is 0 Å². The molecule has 0 fully saturated rings. The first-order valence-corrected chi connectivity index (χ1v) is 10.3. The summed E-state index contributed by atoms with van der Waals surface area (Å²) in [5.41, 5.74) is 4.26. The number of pyridine rings is 1. The van der Waals surface area contributed by atoms with E-state index in [0.29, 0.717) is 18.1 Å². The van der Waals surface area contributed by atoms with E-state index >= 15 is 0 Å². The van der Waals surface area contributed by atoms with Gasteiger partial charge in [-0.15, -0.1) is 0 Å². The second-order valence-corrected chi connectivity index (χ2v) is 8.57. The van der Waals surface area contributed by atoms with E-state index in [1.165, 1.54) is 11.1 Å². The van der Waals surface area contributed by atoms with E-state index in [0.717, 1.165) is 30.9 Å². The molecule has 0 unspecified atom stereocenters. The first kappa shape index (κ1) is 19.7. The summed E-state index contributed by atoms with van der Waals surface area (Å²) in [6.45, 7) is 7.19. The zero-order valence-corrected chi connectivity index (χ0v) is 17.5. The van der Waals surface area contributed by atoms with E-state index in [1.807, 2.05) is 16.7 Å². The molecule has 0 saturated heterocycles. The first-order chi connectivity index (χ1) is 13.9. The average Bonchev–Trinajstić information content (AvgIpc) is 3.12. The molecule has 0 bridgehead atoms. The highest BCUT2D eigenvalue weighted by atomic mass is 35.5. The van der Waals surface area contributed by atoms with Crippen molar-refractivity contribution < 1.29 is 4.79 Å². The van der Waals surface area contributed by atoms with Crippen molar-refractivity contribution >= 4 is 23.3 Å². The summed E-state index contributed by atoms with van der Waals surface area (Å²) in [5, 5.41) is 6.55. The highest BCUT2D eigenvalue weighted by Crippen LogP contribution is 2.24. The third-order valence-corrected chi connectivity index (χ3v) is 5.79. The fourth-order valence-electron chi connectivity index (χ4n) is 3.76. The lowest BCUT2D eigenvalue weighted by molar-refractivity contribution is 0.104. The molecule has 1 aromatic carbocycles. The largest absolute Gasteiger partial charge is 0.336 e. The van der Waals surface area contributed by atoms with Gasteiger partial charge in [-0.05, 0) is 43.5 Å². The smallest absolute Gasteiger partial charge is 0.315 e. The number of hydrogen-bond acceptors (Lipinski definition) is 3. The lowest BCUT2D eigenvalue weighted by Gasteiger charge is -2.41. The predicted octanol–water partition coefficient (Wildman–Crippen LogP) is 3.62. The van der Waals surface area contributed by atoms with Crippen LogP contribution in [0.3, 0.4) is 0 Å². The number of carbonyl (C=O) groups excluding carboxylic acids is 1. The molecule has 1 aliphatic heterocycles. The molecule has 2 amide bonds. The third kappa shape index (κ3) is 4.54. The fourth-order valence-corrected chi connectivity index (χ4v) is 3.92. The number of hydrogen-bond donors (Lipinski definition) is 2. The van der Waals surface area contributed by atoms with Gasteiger partial charge in [-0.3, -0.25) is 4.90 Å². The van der Waals surface area contributed by atoms with Crippen molar-refractivity contribution in [1.82, 2.24) is 24.9 Å². The topological polar surface area (TPSA) is 61.7 Å². The minimum atomic E-state index is -0.189. The second kappa shape index (κ2) is 8.05. The molecule has 0 radical (unpaired) electrons. The predicted molar refractivity (Wildman–Crippen MR) is 115 cm³/mol. The van der Waals surface area contributed by atoms with Crippen molar-refractivity contribution in [2.24, 2.45) is 0 Å². The van der Waals surface area contributed by atoms with Gasteiger partial charge in [0.05, 0.1) is 17.3 Å². The van der Waals surface area contributed by atoms with Gasteiger partial charge in [-0.25, -0.2) is 9.78 Å². The second-order valence-electron chi connectivity index (χ2n) is 8.13.